The summed E-state index contributed by atoms with van der Waals surface area (Å²) in [4.78, 5) is 44.0. The number of fused-ring (bicyclic) bond motifs is 1. The van der Waals surface area contributed by atoms with Gasteiger partial charge < -0.3 is 14.8 Å². The molecule has 0 spiro atoms. The van der Waals surface area contributed by atoms with Crippen LogP contribution >= 0.6 is 0 Å². The summed E-state index contributed by atoms with van der Waals surface area (Å²) in [5.41, 5.74) is 1.45. The van der Waals surface area contributed by atoms with Gasteiger partial charge in [0, 0.05) is 25.9 Å². The van der Waals surface area contributed by atoms with Crippen molar-refractivity contribution >= 4 is 17.7 Å². The number of ether oxygens (including phenoxy) is 2. The lowest BCUT2D eigenvalue weighted by Crippen LogP contribution is -2.50. The van der Waals surface area contributed by atoms with Crippen LogP contribution in [-0.2, 0) is 16.1 Å². The van der Waals surface area contributed by atoms with Gasteiger partial charge in [0.25, 0.3) is 11.8 Å². The third kappa shape index (κ3) is 5.27. The van der Waals surface area contributed by atoms with Gasteiger partial charge in [-0.15, -0.1) is 0 Å². The van der Waals surface area contributed by atoms with Gasteiger partial charge in [0.1, 0.15) is 12.6 Å². The van der Waals surface area contributed by atoms with E-state index in [1.165, 1.54) is 0 Å². The zero-order chi connectivity index (χ0) is 22.4. The lowest BCUT2D eigenvalue weighted by Gasteiger charge is -2.26. The lowest BCUT2D eigenvalue weighted by atomic mass is 10.0. The number of aromatic nitrogens is 1. The Morgan fingerprint density at radius 2 is 1.74 bits per heavy atom. The van der Waals surface area contributed by atoms with Gasteiger partial charge in [0.2, 0.25) is 11.8 Å². The van der Waals surface area contributed by atoms with Crippen LogP contribution in [0.3, 0.4) is 0 Å². The highest BCUT2D eigenvalue weighted by Gasteiger charge is 2.42. The fourth-order valence-electron chi connectivity index (χ4n) is 3.40. The molecule has 1 unspecified atom stereocenters. The van der Waals surface area contributed by atoms with E-state index < -0.39 is 17.9 Å². The first-order chi connectivity index (χ1) is 14.9. The second kappa shape index (κ2) is 10.2. The van der Waals surface area contributed by atoms with Crippen molar-refractivity contribution in [1.82, 2.24) is 15.2 Å². The van der Waals surface area contributed by atoms with Crippen molar-refractivity contribution in [2.45, 2.75) is 32.9 Å². The number of benzene rings is 1. The number of hydrogen-bond donors (Lipinski definition) is 1. The fourth-order valence-corrected chi connectivity index (χ4v) is 3.40. The Hall–Kier alpha value is -3.26. The molecule has 3 amide bonds. The van der Waals surface area contributed by atoms with Crippen molar-refractivity contribution in [3.8, 4) is 5.88 Å². The highest BCUT2D eigenvalue weighted by atomic mass is 16.5. The lowest BCUT2D eigenvalue weighted by molar-refractivity contribution is -0.125. The number of amides is 3. The van der Waals surface area contributed by atoms with Gasteiger partial charge in [0.15, 0.2) is 0 Å². The molecule has 1 aromatic heterocycles. The summed E-state index contributed by atoms with van der Waals surface area (Å²) in [5, 5.41) is 2.84. The second-order valence-electron chi connectivity index (χ2n) is 7.73. The van der Waals surface area contributed by atoms with Crippen molar-refractivity contribution in [2.75, 3.05) is 20.3 Å². The maximum absolute atomic E-state index is 13.0. The van der Waals surface area contributed by atoms with Gasteiger partial charge in [-0.25, -0.2) is 4.98 Å². The van der Waals surface area contributed by atoms with Gasteiger partial charge in [0.05, 0.1) is 17.7 Å². The van der Waals surface area contributed by atoms with E-state index in [1.54, 1.807) is 49.7 Å². The Labute approximate surface area is 181 Å². The van der Waals surface area contributed by atoms with Gasteiger partial charge >= 0.3 is 0 Å². The number of imide groups is 1. The Morgan fingerprint density at radius 1 is 1.06 bits per heavy atom. The number of nitrogens with zero attached hydrogens (tertiary/aromatic N) is 2. The van der Waals surface area contributed by atoms with E-state index in [1.807, 2.05) is 13.8 Å². The number of methoxy groups -OCH3 is 1. The minimum absolute atomic E-state index is 0.116. The molecular weight excluding hydrogens is 398 g/mol. The van der Waals surface area contributed by atoms with Crippen LogP contribution in [0.15, 0.2) is 42.6 Å². The number of nitrogens with one attached hydrogen (secondary N) is 1. The molecule has 0 fully saturated rings. The summed E-state index contributed by atoms with van der Waals surface area (Å²) in [6.07, 6.45) is 1.99. The smallest absolute Gasteiger partial charge is 0.262 e. The Morgan fingerprint density at radius 3 is 2.29 bits per heavy atom. The molecular formula is C23H27N3O5. The minimum Gasteiger partial charge on any atom is -0.475 e. The zero-order valence-corrected chi connectivity index (χ0v) is 18.0. The molecule has 1 aliphatic rings. The van der Waals surface area contributed by atoms with Crippen LogP contribution in [0, 0.1) is 5.92 Å². The fraction of sp³-hybridized carbons (Fsp3) is 0.391. The molecule has 1 atom stereocenters. The molecule has 2 aromatic rings. The molecule has 1 aliphatic heterocycles. The summed E-state index contributed by atoms with van der Waals surface area (Å²) in [5.74, 6) is -0.647. The van der Waals surface area contributed by atoms with Crippen molar-refractivity contribution in [3.05, 3.63) is 59.3 Å². The third-order valence-corrected chi connectivity index (χ3v) is 4.94. The molecule has 3 rings (SSSR count). The predicted molar refractivity (Wildman–Crippen MR) is 114 cm³/mol. The van der Waals surface area contributed by atoms with Crippen LogP contribution < -0.4 is 10.1 Å². The Bertz CT molecular complexity index is 907. The molecule has 31 heavy (non-hydrogen) atoms. The van der Waals surface area contributed by atoms with E-state index in [-0.39, 0.29) is 18.4 Å². The van der Waals surface area contributed by atoms with E-state index in [2.05, 4.69) is 10.3 Å². The number of pyridine rings is 1. The highest BCUT2D eigenvalue weighted by Crippen LogP contribution is 2.27. The molecule has 0 aliphatic carbocycles. The molecule has 0 radical (unpaired) electrons. The van der Waals surface area contributed by atoms with Crippen molar-refractivity contribution in [3.63, 3.8) is 0 Å². The van der Waals surface area contributed by atoms with Crippen molar-refractivity contribution < 1.29 is 23.9 Å². The van der Waals surface area contributed by atoms with Crippen LogP contribution in [0.2, 0.25) is 0 Å². The second-order valence-corrected chi connectivity index (χ2v) is 7.73. The molecule has 8 heteroatoms. The van der Waals surface area contributed by atoms with E-state index in [4.69, 9.17) is 9.47 Å². The summed E-state index contributed by atoms with van der Waals surface area (Å²) >= 11 is 0. The standard InChI is InChI=1S/C23H27N3O5/c1-15(2)12-19(26-22(28)17-6-4-5-7-18(17)23(26)29)21(27)25-14-16-8-9-20(24-13-16)31-11-10-30-3/h4-9,13,15,19H,10-12,14H2,1-3H3,(H,25,27). The molecule has 1 aromatic carbocycles. The topological polar surface area (TPSA) is 97.8 Å². The number of carbonyl (C=O) groups is 3. The molecule has 0 bridgehead atoms. The van der Waals surface area contributed by atoms with Gasteiger partial charge in [-0.05, 0) is 30.0 Å². The SMILES string of the molecule is COCCOc1ccc(CNC(=O)C(CC(C)C)N2C(=O)c3ccccc3C2=O)cn1. The summed E-state index contributed by atoms with van der Waals surface area (Å²) in [7, 11) is 1.59. The van der Waals surface area contributed by atoms with Crippen LogP contribution in [0.4, 0.5) is 0 Å². The Kier molecular flexibility index (Phi) is 7.36. The van der Waals surface area contributed by atoms with Crippen molar-refractivity contribution in [1.29, 1.82) is 0 Å². The maximum atomic E-state index is 13.0. The monoisotopic (exact) mass is 425 g/mol. The number of hydrogen-bond acceptors (Lipinski definition) is 6. The zero-order valence-electron chi connectivity index (χ0n) is 18.0. The van der Waals surface area contributed by atoms with Crippen LogP contribution in [-0.4, -0.2) is 54.0 Å². The molecule has 0 saturated carbocycles. The van der Waals surface area contributed by atoms with Crippen LogP contribution in [0.25, 0.3) is 0 Å². The Balaban J connectivity index is 1.67. The normalized spacial score (nSPS) is 14.0. The van der Waals surface area contributed by atoms with Crippen molar-refractivity contribution in [2.24, 2.45) is 5.92 Å². The van der Waals surface area contributed by atoms with E-state index in [0.29, 0.717) is 36.6 Å². The van der Waals surface area contributed by atoms with Crippen LogP contribution in [0.1, 0.15) is 46.5 Å². The van der Waals surface area contributed by atoms with E-state index >= 15 is 0 Å². The average molecular weight is 425 g/mol. The van der Waals surface area contributed by atoms with Crippen LogP contribution in [0.5, 0.6) is 5.88 Å². The summed E-state index contributed by atoms with van der Waals surface area (Å²) < 4.78 is 10.4. The van der Waals surface area contributed by atoms with Gasteiger partial charge in [-0.1, -0.05) is 32.0 Å². The first-order valence-corrected chi connectivity index (χ1v) is 10.2. The van der Waals surface area contributed by atoms with Gasteiger partial charge in [-0.3, -0.25) is 19.3 Å². The van der Waals surface area contributed by atoms with Gasteiger partial charge in [-0.2, -0.15) is 0 Å². The molecule has 164 valence electrons. The minimum atomic E-state index is -0.878. The molecule has 0 saturated heterocycles. The maximum Gasteiger partial charge on any atom is 0.262 e. The predicted octanol–water partition coefficient (Wildman–Crippen LogP) is 2.43. The van der Waals surface area contributed by atoms with E-state index in [0.717, 1.165) is 10.5 Å². The van der Waals surface area contributed by atoms with E-state index in [9.17, 15) is 14.4 Å². The average Bonchev–Trinajstić information content (AvgIpc) is 3.02. The molecule has 2 heterocycles. The first kappa shape index (κ1) is 22.4. The summed E-state index contributed by atoms with van der Waals surface area (Å²) in [6, 6.07) is 9.28. The summed E-state index contributed by atoms with van der Waals surface area (Å²) in [6.45, 7) is 4.99. The third-order valence-electron chi connectivity index (χ3n) is 4.94. The molecule has 8 nitrogen and oxygen atoms in total. The quantitative estimate of drug-likeness (QED) is 0.464. The first-order valence-electron chi connectivity index (χ1n) is 10.2. The number of rotatable bonds is 10. The highest BCUT2D eigenvalue weighted by molar-refractivity contribution is 6.22. The largest absolute Gasteiger partial charge is 0.475 e. The molecule has 1 N–H and O–H groups in total. The number of carbonyl (C=O) groups excluding carboxylic acids is 3.